The van der Waals surface area contributed by atoms with Crippen LogP contribution in [0.1, 0.15) is 57.1 Å². The van der Waals surface area contributed by atoms with Crippen molar-refractivity contribution in [3.05, 3.63) is 69.8 Å². The van der Waals surface area contributed by atoms with Crippen LogP contribution in [0.2, 0.25) is 0 Å². The number of amidine groups is 1. The minimum Gasteiger partial charge on any atom is -0.380 e. The second-order valence-electron chi connectivity index (χ2n) is 9.29. The first-order valence-electron chi connectivity index (χ1n) is 11.3. The number of rotatable bonds is 4. The number of nitrogens with zero attached hydrogens (tertiary/aromatic N) is 3. The molecule has 2 saturated heterocycles. The van der Waals surface area contributed by atoms with E-state index in [9.17, 15) is 4.79 Å². The predicted molar refractivity (Wildman–Crippen MR) is 123 cm³/mol. The van der Waals surface area contributed by atoms with E-state index in [0.717, 1.165) is 35.7 Å². The number of aliphatic imine (C=N–C) groups is 1. The Morgan fingerprint density at radius 2 is 1.84 bits per heavy atom. The zero-order valence-corrected chi connectivity index (χ0v) is 18.8. The predicted octanol–water partition coefficient (Wildman–Crippen LogP) is 3.49. The molecule has 164 valence electrons. The fraction of sp³-hybridized carbons (Fsp3) is 0.423. The summed E-state index contributed by atoms with van der Waals surface area (Å²) in [5.74, 6) is 1.82. The molecule has 3 aliphatic rings. The minimum atomic E-state index is 0.0144. The van der Waals surface area contributed by atoms with Gasteiger partial charge in [-0.15, -0.1) is 0 Å². The zero-order valence-electron chi connectivity index (χ0n) is 18.8. The van der Waals surface area contributed by atoms with Crippen LogP contribution in [0.15, 0.2) is 41.4 Å². The number of nitrogens with one attached hydrogen (secondary N) is 1. The van der Waals surface area contributed by atoms with E-state index in [1.165, 1.54) is 11.1 Å². The lowest BCUT2D eigenvalue weighted by Crippen LogP contribution is -2.48. The molecule has 2 aromatic carbocycles. The summed E-state index contributed by atoms with van der Waals surface area (Å²) in [6.07, 6.45) is 0. The number of amides is 1. The van der Waals surface area contributed by atoms with Crippen molar-refractivity contribution in [3.8, 4) is 6.07 Å². The van der Waals surface area contributed by atoms with Gasteiger partial charge >= 0.3 is 0 Å². The molecule has 2 fully saturated rings. The van der Waals surface area contributed by atoms with Crippen LogP contribution in [0.25, 0.3) is 0 Å². The average molecular weight is 429 g/mol. The fourth-order valence-electron chi connectivity index (χ4n) is 4.84. The molecular weight excluding hydrogens is 400 g/mol. The molecule has 0 saturated carbocycles. The van der Waals surface area contributed by atoms with Gasteiger partial charge in [0.25, 0.3) is 5.91 Å². The van der Waals surface area contributed by atoms with E-state index in [0.29, 0.717) is 30.5 Å². The largest absolute Gasteiger partial charge is 0.380 e. The Bertz CT molecular complexity index is 1120. The summed E-state index contributed by atoms with van der Waals surface area (Å²) in [7, 11) is 0. The van der Waals surface area contributed by atoms with Crippen LogP contribution in [0.4, 0.5) is 0 Å². The molecule has 3 aliphatic heterocycles. The summed E-state index contributed by atoms with van der Waals surface area (Å²) < 4.78 is 5.33. The highest BCUT2D eigenvalue weighted by atomic mass is 16.5. The van der Waals surface area contributed by atoms with Crippen molar-refractivity contribution < 1.29 is 9.53 Å². The second kappa shape index (κ2) is 8.07. The van der Waals surface area contributed by atoms with E-state index in [4.69, 9.17) is 15.0 Å². The van der Waals surface area contributed by atoms with Crippen molar-refractivity contribution in [3.63, 3.8) is 0 Å². The van der Waals surface area contributed by atoms with Crippen molar-refractivity contribution >= 4 is 11.7 Å². The molecule has 5 rings (SSSR count). The van der Waals surface area contributed by atoms with Crippen LogP contribution in [-0.4, -0.2) is 49.0 Å². The normalized spacial score (nSPS) is 23.1. The number of carbonyl (C=O) groups is 1. The summed E-state index contributed by atoms with van der Waals surface area (Å²) in [6, 6.07) is 14.2. The Labute approximate surface area is 188 Å². The molecule has 2 unspecified atom stereocenters. The molecule has 6 heteroatoms. The number of hydrogen-bond donors (Lipinski definition) is 1. The molecule has 0 aliphatic carbocycles. The maximum absolute atomic E-state index is 13.3. The smallest absolute Gasteiger partial charge is 0.254 e. The maximum atomic E-state index is 13.3. The van der Waals surface area contributed by atoms with Crippen LogP contribution in [-0.2, 0) is 4.74 Å². The molecule has 0 aromatic heterocycles. The maximum Gasteiger partial charge on any atom is 0.254 e. The number of ether oxygens (including phenoxy) is 1. The van der Waals surface area contributed by atoms with Gasteiger partial charge in [-0.05, 0) is 61.2 Å². The first kappa shape index (κ1) is 20.7. The van der Waals surface area contributed by atoms with E-state index in [1.54, 1.807) is 0 Å². The second-order valence-corrected chi connectivity index (χ2v) is 9.29. The lowest BCUT2D eigenvalue weighted by molar-refractivity contribution is 0.000613. The van der Waals surface area contributed by atoms with Crippen LogP contribution < -0.4 is 5.32 Å². The van der Waals surface area contributed by atoms with Gasteiger partial charge in [-0.2, -0.15) is 5.26 Å². The molecule has 6 nitrogen and oxygen atoms in total. The van der Waals surface area contributed by atoms with Gasteiger partial charge < -0.3 is 15.0 Å². The van der Waals surface area contributed by atoms with E-state index in [-0.39, 0.29) is 18.0 Å². The first-order chi connectivity index (χ1) is 15.4. The first-order valence-corrected chi connectivity index (χ1v) is 11.3. The van der Waals surface area contributed by atoms with Crippen LogP contribution in [0.5, 0.6) is 0 Å². The van der Waals surface area contributed by atoms with E-state index in [2.05, 4.69) is 37.4 Å². The molecule has 2 aromatic rings. The Balaban J connectivity index is 1.33. The Hall–Kier alpha value is -3.17. The third-order valence-corrected chi connectivity index (χ3v) is 6.99. The number of nitriles is 1. The molecule has 32 heavy (non-hydrogen) atoms. The van der Waals surface area contributed by atoms with Crippen LogP contribution in [0, 0.1) is 31.1 Å². The van der Waals surface area contributed by atoms with Crippen molar-refractivity contribution in [1.29, 1.82) is 5.26 Å². The topological polar surface area (TPSA) is 77.7 Å². The number of carbonyl (C=O) groups excluding carboxylic acids is 1. The van der Waals surface area contributed by atoms with Crippen molar-refractivity contribution in [2.75, 3.05) is 26.3 Å². The molecule has 0 radical (unpaired) electrons. The highest BCUT2D eigenvalue weighted by Crippen LogP contribution is 2.34. The van der Waals surface area contributed by atoms with Gasteiger partial charge in [0, 0.05) is 24.6 Å². The Kier molecular flexibility index (Phi) is 5.22. The van der Waals surface area contributed by atoms with Crippen molar-refractivity contribution in [2.24, 2.45) is 10.9 Å². The number of hydrogen-bond acceptors (Lipinski definition) is 5. The lowest BCUT2D eigenvalue weighted by Gasteiger charge is -2.40. The molecule has 3 heterocycles. The third kappa shape index (κ3) is 3.57. The fourth-order valence-corrected chi connectivity index (χ4v) is 4.84. The van der Waals surface area contributed by atoms with Gasteiger partial charge in [-0.3, -0.25) is 9.79 Å². The van der Waals surface area contributed by atoms with Crippen molar-refractivity contribution in [1.82, 2.24) is 10.2 Å². The summed E-state index contributed by atoms with van der Waals surface area (Å²) in [5.41, 5.74) is 5.92. The quantitative estimate of drug-likeness (QED) is 0.809. The van der Waals surface area contributed by atoms with Gasteiger partial charge in [0.1, 0.15) is 5.84 Å². The molecule has 0 bridgehead atoms. The summed E-state index contributed by atoms with van der Waals surface area (Å²) >= 11 is 0. The van der Waals surface area contributed by atoms with Crippen molar-refractivity contribution in [2.45, 2.75) is 38.8 Å². The van der Waals surface area contributed by atoms with Crippen LogP contribution in [0.3, 0.4) is 0 Å². The number of benzene rings is 2. The van der Waals surface area contributed by atoms with Gasteiger partial charge in [-0.1, -0.05) is 18.2 Å². The van der Waals surface area contributed by atoms with Crippen LogP contribution >= 0.6 is 0 Å². The molecule has 0 spiro atoms. The van der Waals surface area contributed by atoms with E-state index < -0.39 is 0 Å². The van der Waals surface area contributed by atoms with Gasteiger partial charge in [0.15, 0.2) is 0 Å². The Morgan fingerprint density at radius 3 is 2.47 bits per heavy atom. The zero-order chi connectivity index (χ0) is 22.4. The molecule has 1 amide bonds. The summed E-state index contributed by atoms with van der Waals surface area (Å²) in [5, 5.41) is 12.5. The monoisotopic (exact) mass is 428 g/mol. The van der Waals surface area contributed by atoms with E-state index in [1.807, 2.05) is 36.1 Å². The highest BCUT2D eigenvalue weighted by molar-refractivity contribution is 5.97. The van der Waals surface area contributed by atoms with E-state index >= 15 is 0 Å². The number of likely N-dealkylation sites (tertiary alicyclic amines) is 1. The van der Waals surface area contributed by atoms with Gasteiger partial charge in [-0.25, -0.2) is 0 Å². The summed E-state index contributed by atoms with van der Waals surface area (Å²) in [6.45, 7) is 9.15. The molecule has 1 N–H and O–H groups in total. The average Bonchev–Trinajstić information content (AvgIpc) is 3.06. The summed E-state index contributed by atoms with van der Waals surface area (Å²) in [4.78, 5) is 20.2. The molecule has 2 atom stereocenters. The van der Waals surface area contributed by atoms with Gasteiger partial charge in [0.2, 0.25) is 0 Å². The lowest BCUT2D eigenvalue weighted by atomic mass is 9.88. The minimum absolute atomic E-state index is 0.0144. The van der Waals surface area contributed by atoms with Gasteiger partial charge in [0.05, 0.1) is 42.8 Å². The SMILES string of the molecule is Cc1cc(C)c(C2N=C(C3COC3)NC2C)cc1C(=O)N1CC(c2ccc(C#N)cc2)C1. The Morgan fingerprint density at radius 1 is 1.12 bits per heavy atom. The third-order valence-electron chi connectivity index (χ3n) is 6.99. The standard InChI is InChI=1S/C26H28N4O2/c1-15-8-16(2)23(9-22(15)24-17(3)28-25(29-24)21-13-32-14-21)26(31)30-11-20(12-30)19-6-4-18(10-27)5-7-19/h4-9,17,20-21,24H,11-14H2,1-3H3,(H,28,29). The molecular formula is C26H28N4O2. The highest BCUT2D eigenvalue weighted by Gasteiger charge is 2.36. The number of aryl methyl sites for hydroxylation is 2.